The van der Waals surface area contributed by atoms with Gasteiger partial charge in [-0.05, 0) is 62.1 Å². The van der Waals surface area contributed by atoms with Crippen LogP contribution in [0.1, 0.15) is 5.56 Å². The van der Waals surface area contributed by atoms with E-state index in [2.05, 4.69) is 25.5 Å². The Morgan fingerprint density at radius 2 is 1.75 bits per heavy atom. The lowest BCUT2D eigenvalue weighted by Gasteiger charge is -2.12. The molecule has 1 aromatic heterocycles. The second-order valence-electron chi connectivity index (χ2n) is 6.56. The van der Waals surface area contributed by atoms with E-state index in [4.69, 9.17) is 16.3 Å². The van der Waals surface area contributed by atoms with Crippen LogP contribution in [0.3, 0.4) is 0 Å². The van der Waals surface area contributed by atoms with E-state index in [1.807, 2.05) is 68.7 Å². The molecule has 0 saturated heterocycles. The molecule has 2 N–H and O–H groups in total. The number of halogens is 1. The molecule has 0 aliphatic carbocycles. The Labute approximate surface area is 170 Å². The molecule has 0 saturated carbocycles. The van der Waals surface area contributed by atoms with Crippen LogP contribution in [0, 0.1) is 0 Å². The molecule has 0 spiro atoms. The zero-order valence-corrected chi connectivity index (χ0v) is 16.8. The molecule has 3 rings (SSSR count). The number of hydrogen-bond donors (Lipinski definition) is 2. The largest absolute Gasteiger partial charge is 0.489 e. The number of anilines is 3. The molecule has 0 atom stereocenters. The van der Waals surface area contributed by atoms with Crippen molar-refractivity contribution in [1.29, 1.82) is 0 Å². The van der Waals surface area contributed by atoms with E-state index in [1.165, 1.54) is 0 Å². The summed E-state index contributed by atoms with van der Waals surface area (Å²) in [4.78, 5) is 10.9. The minimum atomic E-state index is 0.494. The second kappa shape index (κ2) is 9.92. The van der Waals surface area contributed by atoms with Crippen LogP contribution >= 0.6 is 11.6 Å². The summed E-state index contributed by atoms with van der Waals surface area (Å²) in [7, 11) is 4.08. The van der Waals surface area contributed by atoms with Crippen molar-refractivity contribution in [3.05, 3.63) is 71.4 Å². The summed E-state index contributed by atoms with van der Waals surface area (Å²) in [5.41, 5.74) is 1.96. The van der Waals surface area contributed by atoms with Crippen LogP contribution in [-0.4, -0.2) is 42.1 Å². The molecule has 0 aliphatic rings. The van der Waals surface area contributed by atoms with E-state index in [1.54, 1.807) is 6.20 Å². The first-order valence-corrected chi connectivity index (χ1v) is 9.42. The molecule has 0 unspecified atom stereocenters. The molecule has 0 aliphatic heterocycles. The van der Waals surface area contributed by atoms with Gasteiger partial charge in [0.05, 0.1) is 0 Å². The molecule has 0 fully saturated rings. The molecule has 6 nitrogen and oxygen atoms in total. The number of benzene rings is 2. The lowest BCUT2D eigenvalue weighted by molar-refractivity contribution is 0.306. The standard InChI is InChI=1S/C21H24ClN5O/c1-27(2)14-13-23-20-11-12-24-21(26-20)25-18-7-9-19(10-8-18)28-15-16-3-5-17(22)6-4-16/h3-12H,13-15H2,1-2H3,(H2,23,24,25,26). The highest BCUT2D eigenvalue weighted by molar-refractivity contribution is 6.30. The summed E-state index contributed by atoms with van der Waals surface area (Å²) in [6, 6.07) is 17.2. The van der Waals surface area contributed by atoms with E-state index in [0.717, 1.165) is 40.9 Å². The van der Waals surface area contributed by atoms with Crippen molar-refractivity contribution >= 4 is 29.1 Å². The predicted molar refractivity (Wildman–Crippen MR) is 115 cm³/mol. The number of nitrogens with one attached hydrogen (secondary N) is 2. The Hall–Kier alpha value is -2.83. The molecule has 3 aromatic rings. The number of aromatic nitrogens is 2. The molecule has 7 heteroatoms. The van der Waals surface area contributed by atoms with Gasteiger partial charge in [0, 0.05) is 30.0 Å². The molecular weight excluding hydrogens is 374 g/mol. The van der Waals surface area contributed by atoms with Gasteiger partial charge in [-0.15, -0.1) is 0 Å². The molecular formula is C21H24ClN5O. The maximum absolute atomic E-state index is 5.90. The Bertz CT molecular complexity index is 869. The summed E-state index contributed by atoms with van der Waals surface area (Å²) in [5.74, 6) is 2.13. The fourth-order valence-electron chi connectivity index (χ4n) is 2.44. The molecule has 0 bridgehead atoms. The zero-order chi connectivity index (χ0) is 19.8. The monoisotopic (exact) mass is 397 g/mol. The summed E-state index contributed by atoms with van der Waals surface area (Å²) in [5, 5.41) is 7.21. The fourth-order valence-corrected chi connectivity index (χ4v) is 2.56. The third-order valence-electron chi connectivity index (χ3n) is 3.95. The lowest BCUT2D eigenvalue weighted by atomic mass is 10.2. The van der Waals surface area contributed by atoms with Crippen molar-refractivity contribution in [3.63, 3.8) is 0 Å². The van der Waals surface area contributed by atoms with Crippen molar-refractivity contribution in [1.82, 2.24) is 14.9 Å². The third kappa shape index (κ3) is 6.40. The summed E-state index contributed by atoms with van der Waals surface area (Å²) in [6.45, 7) is 2.25. The van der Waals surface area contributed by atoms with Gasteiger partial charge < -0.3 is 20.3 Å². The van der Waals surface area contributed by atoms with Crippen molar-refractivity contribution in [2.24, 2.45) is 0 Å². The number of nitrogens with zero attached hydrogens (tertiary/aromatic N) is 3. The first kappa shape index (κ1) is 19.9. The Balaban J connectivity index is 1.53. The quantitative estimate of drug-likeness (QED) is 0.557. The van der Waals surface area contributed by atoms with Crippen LogP contribution in [0.25, 0.3) is 0 Å². The van der Waals surface area contributed by atoms with E-state index < -0.39 is 0 Å². The number of likely N-dealkylation sites (N-methyl/N-ethyl adjacent to an activating group) is 1. The molecule has 1 heterocycles. The van der Waals surface area contributed by atoms with Gasteiger partial charge in [-0.25, -0.2) is 4.98 Å². The van der Waals surface area contributed by atoms with E-state index >= 15 is 0 Å². The van der Waals surface area contributed by atoms with Crippen LogP contribution in [0.4, 0.5) is 17.5 Å². The second-order valence-corrected chi connectivity index (χ2v) is 7.00. The molecule has 2 aromatic carbocycles. The first-order chi connectivity index (χ1) is 13.6. The minimum absolute atomic E-state index is 0.494. The Kier molecular flexibility index (Phi) is 7.06. The Morgan fingerprint density at radius 3 is 2.46 bits per heavy atom. The maximum Gasteiger partial charge on any atom is 0.229 e. The number of hydrogen-bond acceptors (Lipinski definition) is 6. The summed E-state index contributed by atoms with van der Waals surface area (Å²) >= 11 is 5.90. The SMILES string of the molecule is CN(C)CCNc1ccnc(Nc2ccc(OCc3ccc(Cl)cc3)cc2)n1. The van der Waals surface area contributed by atoms with Crippen LogP contribution in [0.15, 0.2) is 60.8 Å². The average molecular weight is 398 g/mol. The summed E-state index contributed by atoms with van der Waals surface area (Å²) < 4.78 is 5.80. The van der Waals surface area contributed by atoms with E-state index in [-0.39, 0.29) is 0 Å². The van der Waals surface area contributed by atoms with E-state index in [0.29, 0.717) is 12.6 Å². The van der Waals surface area contributed by atoms with Crippen molar-refractivity contribution in [2.75, 3.05) is 37.8 Å². The predicted octanol–water partition coefficient (Wildman–Crippen LogP) is 4.43. The van der Waals surface area contributed by atoms with Crippen LogP contribution < -0.4 is 15.4 Å². The van der Waals surface area contributed by atoms with Gasteiger partial charge in [0.2, 0.25) is 5.95 Å². The number of ether oxygens (including phenoxy) is 1. The van der Waals surface area contributed by atoms with Gasteiger partial charge in [0.15, 0.2) is 0 Å². The maximum atomic E-state index is 5.90. The van der Waals surface area contributed by atoms with Crippen molar-refractivity contribution < 1.29 is 4.74 Å². The van der Waals surface area contributed by atoms with Gasteiger partial charge in [0.25, 0.3) is 0 Å². The Morgan fingerprint density at radius 1 is 1.00 bits per heavy atom. The fraction of sp³-hybridized carbons (Fsp3) is 0.238. The third-order valence-corrected chi connectivity index (χ3v) is 4.20. The normalized spacial score (nSPS) is 10.7. The highest BCUT2D eigenvalue weighted by atomic mass is 35.5. The van der Waals surface area contributed by atoms with Crippen molar-refractivity contribution in [3.8, 4) is 5.75 Å². The highest BCUT2D eigenvalue weighted by Crippen LogP contribution is 2.20. The highest BCUT2D eigenvalue weighted by Gasteiger charge is 2.02. The molecule has 0 amide bonds. The lowest BCUT2D eigenvalue weighted by Crippen LogP contribution is -2.21. The molecule has 28 heavy (non-hydrogen) atoms. The van der Waals surface area contributed by atoms with Gasteiger partial charge in [0.1, 0.15) is 18.2 Å². The zero-order valence-electron chi connectivity index (χ0n) is 16.0. The van der Waals surface area contributed by atoms with Crippen LogP contribution in [0.2, 0.25) is 5.02 Å². The van der Waals surface area contributed by atoms with Crippen LogP contribution in [-0.2, 0) is 6.61 Å². The van der Waals surface area contributed by atoms with Gasteiger partial charge in [-0.2, -0.15) is 4.98 Å². The van der Waals surface area contributed by atoms with Gasteiger partial charge >= 0.3 is 0 Å². The topological polar surface area (TPSA) is 62.3 Å². The van der Waals surface area contributed by atoms with Crippen LogP contribution in [0.5, 0.6) is 5.75 Å². The molecule has 146 valence electrons. The summed E-state index contributed by atoms with van der Waals surface area (Å²) in [6.07, 6.45) is 1.73. The molecule has 0 radical (unpaired) electrons. The van der Waals surface area contributed by atoms with Gasteiger partial charge in [-0.1, -0.05) is 23.7 Å². The minimum Gasteiger partial charge on any atom is -0.489 e. The number of rotatable bonds is 9. The average Bonchev–Trinajstić information content (AvgIpc) is 2.69. The van der Waals surface area contributed by atoms with Crippen molar-refractivity contribution in [2.45, 2.75) is 6.61 Å². The first-order valence-electron chi connectivity index (χ1n) is 9.04. The smallest absolute Gasteiger partial charge is 0.229 e. The van der Waals surface area contributed by atoms with E-state index in [9.17, 15) is 0 Å². The van der Waals surface area contributed by atoms with Gasteiger partial charge in [-0.3, -0.25) is 0 Å².